The van der Waals surface area contributed by atoms with E-state index in [-0.39, 0.29) is 12.6 Å². The average molecular weight is 325 g/mol. The molecule has 0 atom stereocenters. The van der Waals surface area contributed by atoms with Gasteiger partial charge in [-0.05, 0) is 37.6 Å². The van der Waals surface area contributed by atoms with Crippen molar-refractivity contribution in [1.82, 2.24) is 4.90 Å². The van der Waals surface area contributed by atoms with Crippen LogP contribution >= 0.6 is 15.9 Å². The van der Waals surface area contributed by atoms with Crippen molar-refractivity contribution >= 4 is 21.6 Å². The summed E-state index contributed by atoms with van der Waals surface area (Å²) in [5.74, 6) is 0. The number of halogens is 4. The monoisotopic (exact) mass is 324 g/mol. The molecule has 0 aliphatic heterocycles. The first-order valence-corrected chi connectivity index (χ1v) is 6.33. The molecule has 0 bridgehead atoms. The highest BCUT2D eigenvalue weighted by molar-refractivity contribution is 9.10. The molecule has 0 saturated heterocycles. The van der Waals surface area contributed by atoms with E-state index in [1.54, 1.807) is 32.0 Å². The zero-order chi connectivity index (χ0) is 13.9. The largest absolute Gasteiger partial charge is 0.401 e. The number of hydrogen-bond donors (Lipinski definition) is 1. The van der Waals surface area contributed by atoms with Gasteiger partial charge in [-0.2, -0.15) is 13.2 Å². The Balaban J connectivity index is 2.86. The number of anilines is 1. The molecule has 2 nitrogen and oxygen atoms in total. The summed E-state index contributed by atoms with van der Waals surface area (Å²) in [5, 5.41) is 0. The predicted octanol–water partition coefficient (Wildman–Crippen LogP) is 3.80. The van der Waals surface area contributed by atoms with Gasteiger partial charge in [0.15, 0.2) is 0 Å². The number of nitrogens with zero attached hydrogens (tertiary/aromatic N) is 1. The SMILES string of the molecule is CC(C)N(Cc1cc(N)ccc1Br)CC(F)(F)F. The van der Waals surface area contributed by atoms with Crippen molar-refractivity contribution in [3.63, 3.8) is 0 Å². The lowest BCUT2D eigenvalue weighted by molar-refractivity contribution is -0.150. The number of nitrogen functional groups attached to an aromatic ring is 1. The normalized spacial score (nSPS) is 12.4. The third kappa shape index (κ3) is 4.86. The maximum atomic E-state index is 12.5. The molecule has 0 aromatic heterocycles. The summed E-state index contributed by atoms with van der Waals surface area (Å²) in [7, 11) is 0. The second-order valence-electron chi connectivity index (χ2n) is 4.46. The fraction of sp³-hybridized carbons (Fsp3) is 0.500. The van der Waals surface area contributed by atoms with Crippen molar-refractivity contribution < 1.29 is 13.2 Å². The van der Waals surface area contributed by atoms with Crippen molar-refractivity contribution in [3.05, 3.63) is 28.2 Å². The van der Waals surface area contributed by atoms with Gasteiger partial charge in [-0.1, -0.05) is 15.9 Å². The molecule has 6 heteroatoms. The molecule has 1 rings (SSSR count). The highest BCUT2D eigenvalue weighted by atomic mass is 79.9. The van der Waals surface area contributed by atoms with Crippen LogP contribution in [0.25, 0.3) is 0 Å². The molecule has 0 amide bonds. The molecule has 102 valence electrons. The maximum absolute atomic E-state index is 12.5. The molecule has 18 heavy (non-hydrogen) atoms. The molecule has 0 fully saturated rings. The minimum absolute atomic E-state index is 0.194. The fourth-order valence-corrected chi connectivity index (χ4v) is 1.96. The zero-order valence-corrected chi connectivity index (χ0v) is 11.8. The van der Waals surface area contributed by atoms with Gasteiger partial charge in [0.25, 0.3) is 0 Å². The molecule has 0 heterocycles. The number of rotatable bonds is 4. The minimum atomic E-state index is -4.20. The molecule has 0 saturated carbocycles. The summed E-state index contributed by atoms with van der Waals surface area (Å²) in [6.07, 6.45) is -4.20. The van der Waals surface area contributed by atoms with Crippen molar-refractivity contribution in [1.29, 1.82) is 0 Å². The van der Waals surface area contributed by atoms with Gasteiger partial charge >= 0.3 is 6.18 Å². The van der Waals surface area contributed by atoms with E-state index in [0.29, 0.717) is 5.69 Å². The molecule has 0 unspecified atom stereocenters. The smallest absolute Gasteiger partial charge is 0.399 e. The van der Waals surface area contributed by atoms with Gasteiger partial charge in [-0.25, -0.2) is 0 Å². The molecule has 1 aromatic carbocycles. The average Bonchev–Trinajstić information content (AvgIpc) is 2.20. The Morgan fingerprint density at radius 1 is 1.33 bits per heavy atom. The van der Waals surface area contributed by atoms with Gasteiger partial charge in [0.1, 0.15) is 0 Å². The second-order valence-corrected chi connectivity index (χ2v) is 5.32. The minimum Gasteiger partial charge on any atom is -0.399 e. The zero-order valence-electron chi connectivity index (χ0n) is 10.3. The summed E-state index contributed by atoms with van der Waals surface area (Å²) in [4.78, 5) is 1.36. The molecule has 0 aliphatic carbocycles. The van der Waals surface area contributed by atoms with Gasteiger partial charge in [0, 0.05) is 22.7 Å². The molecule has 0 aliphatic rings. The number of nitrogens with two attached hydrogens (primary N) is 1. The van der Waals surface area contributed by atoms with Gasteiger partial charge in [-0.15, -0.1) is 0 Å². The fourth-order valence-electron chi connectivity index (χ4n) is 1.59. The predicted molar refractivity (Wildman–Crippen MR) is 70.2 cm³/mol. The molecule has 0 spiro atoms. The van der Waals surface area contributed by atoms with Crippen LogP contribution in [0.3, 0.4) is 0 Å². The lowest BCUT2D eigenvalue weighted by Crippen LogP contribution is -2.38. The van der Waals surface area contributed by atoms with E-state index in [1.165, 1.54) is 4.90 Å². The third-order valence-corrected chi connectivity index (χ3v) is 3.33. The molecule has 0 radical (unpaired) electrons. The maximum Gasteiger partial charge on any atom is 0.401 e. The first kappa shape index (κ1) is 15.3. The molecule has 2 N–H and O–H groups in total. The van der Waals surface area contributed by atoms with Crippen molar-refractivity contribution in [2.24, 2.45) is 0 Å². The van der Waals surface area contributed by atoms with Crippen LogP contribution in [0.15, 0.2) is 22.7 Å². The standard InChI is InChI=1S/C12H16BrF3N2/c1-8(2)18(7-12(14,15)16)6-9-5-10(17)3-4-11(9)13/h3-5,8H,6-7,17H2,1-2H3. The summed E-state index contributed by atoms with van der Waals surface area (Å²) >= 11 is 3.32. The first-order valence-electron chi connectivity index (χ1n) is 5.54. The van der Waals surface area contributed by atoms with Crippen LogP contribution < -0.4 is 5.73 Å². The quantitative estimate of drug-likeness (QED) is 0.853. The van der Waals surface area contributed by atoms with Crippen LogP contribution in [0.4, 0.5) is 18.9 Å². The Hall–Kier alpha value is -0.750. The second kappa shape index (κ2) is 5.93. The van der Waals surface area contributed by atoms with E-state index in [9.17, 15) is 13.2 Å². The summed E-state index contributed by atoms with van der Waals surface area (Å²) < 4.78 is 38.2. The van der Waals surface area contributed by atoms with Crippen molar-refractivity contribution in [3.8, 4) is 0 Å². The Morgan fingerprint density at radius 2 is 1.94 bits per heavy atom. The molecular formula is C12H16BrF3N2. The highest BCUT2D eigenvalue weighted by Crippen LogP contribution is 2.24. The number of benzene rings is 1. The molecular weight excluding hydrogens is 309 g/mol. The Morgan fingerprint density at radius 3 is 2.44 bits per heavy atom. The highest BCUT2D eigenvalue weighted by Gasteiger charge is 2.31. The lowest BCUT2D eigenvalue weighted by atomic mass is 10.1. The van der Waals surface area contributed by atoms with E-state index < -0.39 is 12.7 Å². The van der Waals surface area contributed by atoms with Crippen LogP contribution in [0.1, 0.15) is 19.4 Å². The van der Waals surface area contributed by atoms with Crippen molar-refractivity contribution in [2.75, 3.05) is 12.3 Å². The lowest BCUT2D eigenvalue weighted by Gasteiger charge is -2.28. The van der Waals surface area contributed by atoms with Crippen LogP contribution in [0.5, 0.6) is 0 Å². The Bertz CT molecular complexity index is 405. The van der Waals surface area contributed by atoms with Crippen LogP contribution in [-0.4, -0.2) is 23.7 Å². The van der Waals surface area contributed by atoms with Gasteiger partial charge < -0.3 is 5.73 Å². The summed E-state index contributed by atoms with van der Waals surface area (Å²) in [6.45, 7) is 2.77. The van der Waals surface area contributed by atoms with E-state index in [2.05, 4.69) is 15.9 Å². The third-order valence-electron chi connectivity index (χ3n) is 2.56. The van der Waals surface area contributed by atoms with Gasteiger partial charge in [0.2, 0.25) is 0 Å². The van der Waals surface area contributed by atoms with E-state index >= 15 is 0 Å². The van der Waals surface area contributed by atoms with Crippen LogP contribution in [0.2, 0.25) is 0 Å². The number of hydrogen-bond acceptors (Lipinski definition) is 2. The van der Waals surface area contributed by atoms with Crippen LogP contribution in [0, 0.1) is 0 Å². The first-order chi connectivity index (χ1) is 8.19. The van der Waals surface area contributed by atoms with Crippen molar-refractivity contribution in [2.45, 2.75) is 32.6 Å². The van der Waals surface area contributed by atoms with E-state index in [0.717, 1.165) is 10.0 Å². The topological polar surface area (TPSA) is 29.3 Å². The summed E-state index contributed by atoms with van der Waals surface area (Å²) in [5.41, 5.74) is 6.95. The summed E-state index contributed by atoms with van der Waals surface area (Å²) in [6, 6.07) is 4.95. The Labute approximate surface area is 113 Å². The van der Waals surface area contributed by atoms with Gasteiger partial charge in [0.05, 0.1) is 6.54 Å². The van der Waals surface area contributed by atoms with E-state index in [4.69, 9.17) is 5.73 Å². The van der Waals surface area contributed by atoms with E-state index in [1.807, 2.05) is 0 Å². The molecule has 1 aromatic rings. The van der Waals surface area contributed by atoms with Crippen LogP contribution in [-0.2, 0) is 6.54 Å². The van der Waals surface area contributed by atoms with Gasteiger partial charge in [-0.3, -0.25) is 4.90 Å². The number of alkyl halides is 3. The Kier molecular flexibility index (Phi) is 5.04.